The number of carbonyl (C=O) groups is 2. The summed E-state index contributed by atoms with van der Waals surface area (Å²) in [4.78, 5) is 29.2. The Morgan fingerprint density at radius 1 is 1.24 bits per heavy atom. The molecule has 1 aromatic heterocycles. The lowest BCUT2D eigenvalue weighted by Gasteiger charge is -2.32. The van der Waals surface area contributed by atoms with E-state index < -0.39 is 0 Å². The van der Waals surface area contributed by atoms with Crippen molar-refractivity contribution in [1.82, 2.24) is 9.88 Å². The third kappa shape index (κ3) is 4.56. The van der Waals surface area contributed by atoms with Crippen LogP contribution in [0.5, 0.6) is 5.75 Å². The minimum atomic E-state index is -0.0551. The lowest BCUT2D eigenvalue weighted by Crippen LogP contribution is -2.44. The minimum absolute atomic E-state index is 0.0500. The van der Waals surface area contributed by atoms with Crippen LogP contribution in [-0.2, 0) is 4.79 Å². The van der Waals surface area contributed by atoms with Crippen LogP contribution in [0.15, 0.2) is 48.8 Å². The van der Waals surface area contributed by atoms with Crippen LogP contribution in [0.1, 0.15) is 23.2 Å². The molecule has 3 rings (SSSR count). The number of amides is 1. The number of para-hydroxylation sites is 1. The van der Waals surface area contributed by atoms with Gasteiger partial charge in [-0.1, -0.05) is 12.1 Å². The first kappa shape index (κ1) is 17.0. The van der Waals surface area contributed by atoms with Crippen LogP contribution in [0, 0.1) is 0 Å². The number of anilines is 1. The molecule has 2 aromatic rings. The molecule has 0 spiro atoms. The zero-order valence-corrected chi connectivity index (χ0v) is 13.9. The second-order valence-electron chi connectivity index (χ2n) is 5.99. The number of rotatable bonds is 6. The summed E-state index contributed by atoms with van der Waals surface area (Å²) in [5.41, 5.74) is 1.45. The summed E-state index contributed by atoms with van der Waals surface area (Å²) in [6.07, 6.45) is 6.04. The Hall–Kier alpha value is -2.89. The first-order chi connectivity index (χ1) is 12.3. The van der Waals surface area contributed by atoms with Crippen molar-refractivity contribution < 1.29 is 14.3 Å². The number of nitrogens with one attached hydrogen (secondary N) is 1. The third-order valence-electron chi connectivity index (χ3n) is 4.28. The summed E-state index contributed by atoms with van der Waals surface area (Å²) in [6, 6.07) is 11.1. The van der Waals surface area contributed by atoms with Crippen LogP contribution in [0.3, 0.4) is 0 Å². The van der Waals surface area contributed by atoms with Crippen LogP contribution < -0.4 is 10.1 Å². The van der Waals surface area contributed by atoms with E-state index in [-0.39, 0.29) is 12.5 Å². The minimum Gasteiger partial charge on any atom is -0.483 e. The molecular formula is C19H21N3O3. The first-order valence-corrected chi connectivity index (χ1v) is 8.37. The largest absolute Gasteiger partial charge is 0.483 e. The Bertz CT molecular complexity index is 713. The van der Waals surface area contributed by atoms with Gasteiger partial charge in [-0.15, -0.1) is 0 Å². The van der Waals surface area contributed by atoms with Gasteiger partial charge in [-0.25, -0.2) is 0 Å². The molecule has 6 heteroatoms. The van der Waals surface area contributed by atoms with Crippen molar-refractivity contribution in [2.45, 2.75) is 18.9 Å². The van der Waals surface area contributed by atoms with Gasteiger partial charge < -0.3 is 15.0 Å². The van der Waals surface area contributed by atoms with E-state index in [0.29, 0.717) is 30.4 Å². The van der Waals surface area contributed by atoms with Crippen molar-refractivity contribution in [1.29, 1.82) is 0 Å². The Kier molecular flexibility index (Phi) is 5.61. The van der Waals surface area contributed by atoms with Gasteiger partial charge in [0.2, 0.25) is 0 Å². The van der Waals surface area contributed by atoms with Gasteiger partial charge in [0.1, 0.15) is 5.75 Å². The van der Waals surface area contributed by atoms with Gasteiger partial charge in [-0.3, -0.25) is 14.6 Å². The van der Waals surface area contributed by atoms with Crippen LogP contribution in [0.2, 0.25) is 0 Å². The topological polar surface area (TPSA) is 71.5 Å². The van der Waals surface area contributed by atoms with Gasteiger partial charge in [0.05, 0.1) is 11.3 Å². The molecule has 1 amide bonds. The molecule has 1 saturated heterocycles. The van der Waals surface area contributed by atoms with Gasteiger partial charge >= 0.3 is 0 Å². The zero-order valence-electron chi connectivity index (χ0n) is 13.9. The van der Waals surface area contributed by atoms with E-state index in [4.69, 9.17) is 4.74 Å². The number of ether oxygens (including phenoxy) is 1. The highest BCUT2D eigenvalue weighted by Crippen LogP contribution is 2.18. The van der Waals surface area contributed by atoms with Crippen molar-refractivity contribution in [2.24, 2.45) is 0 Å². The van der Waals surface area contributed by atoms with Crippen LogP contribution >= 0.6 is 0 Å². The van der Waals surface area contributed by atoms with E-state index in [9.17, 15) is 9.59 Å². The number of piperidine rings is 1. The highest BCUT2D eigenvalue weighted by atomic mass is 16.5. The molecule has 6 nitrogen and oxygen atoms in total. The monoisotopic (exact) mass is 339 g/mol. The van der Waals surface area contributed by atoms with E-state index in [0.717, 1.165) is 24.8 Å². The first-order valence-electron chi connectivity index (χ1n) is 8.37. The van der Waals surface area contributed by atoms with Crippen molar-refractivity contribution in [3.8, 4) is 5.75 Å². The molecule has 0 radical (unpaired) electrons. The molecule has 0 unspecified atom stereocenters. The maximum absolute atomic E-state index is 12.3. The molecule has 1 N–H and O–H groups in total. The van der Waals surface area contributed by atoms with Crippen LogP contribution in [-0.4, -0.2) is 47.8 Å². The average Bonchev–Trinajstić information content (AvgIpc) is 2.67. The maximum atomic E-state index is 12.3. The SMILES string of the molecule is O=Cc1ccccc1OCC(=O)N1CCC(Nc2cccnc2)CC1. The predicted molar refractivity (Wildman–Crippen MR) is 94.8 cm³/mol. The molecule has 2 heterocycles. The van der Waals surface area contributed by atoms with E-state index in [1.54, 1.807) is 36.7 Å². The van der Waals surface area contributed by atoms with Crippen molar-refractivity contribution in [2.75, 3.05) is 25.0 Å². The molecule has 0 aliphatic carbocycles. The fraction of sp³-hybridized carbons (Fsp3) is 0.316. The van der Waals surface area contributed by atoms with E-state index >= 15 is 0 Å². The third-order valence-corrected chi connectivity index (χ3v) is 4.28. The number of benzene rings is 1. The second-order valence-corrected chi connectivity index (χ2v) is 5.99. The lowest BCUT2D eigenvalue weighted by atomic mass is 10.0. The van der Waals surface area contributed by atoms with Gasteiger partial charge in [0.15, 0.2) is 12.9 Å². The van der Waals surface area contributed by atoms with Crippen molar-refractivity contribution in [3.63, 3.8) is 0 Å². The van der Waals surface area contributed by atoms with E-state index in [1.807, 2.05) is 17.0 Å². The summed E-state index contributed by atoms with van der Waals surface area (Å²) < 4.78 is 5.52. The van der Waals surface area contributed by atoms with Gasteiger partial charge in [-0.05, 0) is 37.1 Å². The summed E-state index contributed by atoms with van der Waals surface area (Å²) >= 11 is 0. The maximum Gasteiger partial charge on any atom is 0.260 e. The average molecular weight is 339 g/mol. The standard InChI is InChI=1S/C19H21N3O3/c23-13-15-4-1-2-6-18(15)25-14-19(24)22-10-7-16(8-11-22)21-17-5-3-9-20-12-17/h1-6,9,12-13,16,21H,7-8,10-11,14H2. The smallest absolute Gasteiger partial charge is 0.260 e. The normalized spacial score (nSPS) is 14.8. The molecule has 0 atom stereocenters. The highest BCUT2D eigenvalue weighted by molar-refractivity contribution is 5.81. The Labute approximate surface area is 146 Å². The van der Waals surface area contributed by atoms with E-state index in [1.165, 1.54) is 0 Å². The molecule has 25 heavy (non-hydrogen) atoms. The zero-order chi connectivity index (χ0) is 17.5. The van der Waals surface area contributed by atoms with Gasteiger partial charge in [0, 0.05) is 31.5 Å². The number of likely N-dealkylation sites (tertiary alicyclic amines) is 1. The summed E-state index contributed by atoms with van der Waals surface area (Å²) in [6.45, 7) is 1.33. The van der Waals surface area contributed by atoms with Gasteiger partial charge in [0.25, 0.3) is 5.91 Å². The number of aromatic nitrogens is 1. The molecule has 0 saturated carbocycles. The van der Waals surface area contributed by atoms with Crippen LogP contribution in [0.4, 0.5) is 5.69 Å². The molecule has 1 aliphatic heterocycles. The summed E-state index contributed by atoms with van der Waals surface area (Å²) in [5, 5.41) is 3.44. The molecule has 130 valence electrons. The summed E-state index contributed by atoms with van der Waals surface area (Å²) in [5.74, 6) is 0.388. The molecule has 1 aromatic carbocycles. The quantitative estimate of drug-likeness (QED) is 0.818. The predicted octanol–water partition coefficient (Wildman–Crippen LogP) is 2.38. The molecule has 0 bridgehead atoms. The number of hydrogen-bond donors (Lipinski definition) is 1. The Morgan fingerprint density at radius 3 is 2.76 bits per heavy atom. The fourth-order valence-electron chi connectivity index (χ4n) is 2.90. The van der Waals surface area contributed by atoms with Gasteiger partial charge in [-0.2, -0.15) is 0 Å². The fourth-order valence-corrected chi connectivity index (χ4v) is 2.90. The van der Waals surface area contributed by atoms with E-state index in [2.05, 4.69) is 10.3 Å². The number of pyridine rings is 1. The number of aldehydes is 1. The molecular weight excluding hydrogens is 318 g/mol. The summed E-state index contributed by atoms with van der Waals surface area (Å²) in [7, 11) is 0. The number of nitrogens with zero attached hydrogens (tertiary/aromatic N) is 2. The highest BCUT2D eigenvalue weighted by Gasteiger charge is 2.23. The van der Waals surface area contributed by atoms with Crippen LogP contribution in [0.25, 0.3) is 0 Å². The Morgan fingerprint density at radius 2 is 2.04 bits per heavy atom. The van der Waals surface area contributed by atoms with Crippen molar-refractivity contribution in [3.05, 3.63) is 54.4 Å². The lowest BCUT2D eigenvalue weighted by molar-refractivity contribution is -0.134. The number of carbonyl (C=O) groups excluding carboxylic acids is 2. The Balaban J connectivity index is 1.46. The molecule has 1 fully saturated rings. The number of hydrogen-bond acceptors (Lipinski definition) is 5. The second kappa shape index (κ2) is 8.28. The molecule has 1 aliphatic rings. The van der Waals surface area contributed by atoms with Crippen molar-refractivity contribution >= 4 is 17.9 Å².